The molecule has 0 bridgehead atoms. The number of nitrogens with one attached hydrogen (secondary N) is 1. The van der Waals surface area contributed by atoms with Gasteiger partial charge in [0, 0.05) is 11.8 Å². The fourth-order valence-corrected chi connectivity index (χ4v) is 4.61. The maximum absolute atomic E-state index is 13.4. The van der Waals surface area contributed by atoms with Gasteiger partial charge in [0.1, 0.15) is 6.04 Å². The Labute approximate surface area is 186 Å². The van der Waals surface area contributed by atoms with Crippen molar-refractivity contribution in [3.05, 3.63) is 78.1 Å². The van der Waals surface area contributed by atoms with E-state index < -0.39 is 12.1 Å². The minimum Gasteiger partial charge on any atom is -0.311 e. The molecule has 2 fully saturated rings. The first kappa shape index (κ1) is 20.3. The van der Waals surface area contributed by atoms with Crippen molar-refractivity contribution in [1.82, 2.24) is 20.1 Å². The van der Waals surface area contributed by atoms with Gasteiger partial charge in [-0.25, -0.2) is 4.79 Å². The third-order valence-electron chi connectivity index (χ3n) is 6.27. The fourth-order valence-electron chi connectivity index (χ4n) is 4.61. The number of benzene rings is 2. The van der Waals surface area contributed by atoms with E-state index in [9.17, 15) is 14.4 Å². The number of hydrogen-bond donors (Lipinski definition) is 1. The molecule has 0 aliphatic carbocycles. The lowest BCUT2D eigenvalue weighted by Gasteiger charge is -2.46. The molecule has 3 heterocycles. The van der Waals surface area contributed by atoms with Crippen molar-refractivity contribution in [3.63, 3.8) is 0 Å². The van der Waals surface area contributed by atoms with Crippen molar-refractivity contribution < 1.29 is 14.4 Å². The highest BCUT2D eigenvalue weighted by Crippen LogP contribution is 2.26. The highest BCUT2D eigenvalue weighted by atomic mass is 16.2. The highest BCUT2D eigenvalue weighted by Gasteiger charge is 2.47. The van der Waals surface area contributed by atoms with E-state index in [0.29, 0.717) is 24.2 Å². The number of amides is 3. The molecule has 32 heavy (non-hydrogen) atoms. The van der Waals surface area contributed by atoms with E-state index in [1.807, 2.05) is 42.5 Å². The van der Waals surface area contributed by atoms with E-state index in [-0.39, 0.29) is 30.8 Å². The van der Waals surface area contributed by atoms with E-state index in [1.165, 1.54) is 4.90 Å². The Kier molecular flexibility index (Phi) is 5.41. The second-order valence-electron chi connectivity index (χ2n) is 8.28. The summed E-state index contributed by atoms with van der Waals surface area (Å²) < 4.78 is 0. The van der Waals surface area contributed by atoms with Crippen molar-refractivity contribution >= 4 is 28.5 Å². The molecule has 2 saturated heterocycles. The largest absolute Gasteiger partial charge is 0.327 e. The average molecular weight is 428 g/mol. The Hall–Kier alpha value is -3.58. The molecule has 7 heteroatoms. The van der Waals surface area contributed by atoms with Crippen molar-refractivity contribution in [1.29, 1.82) is 0 Å². The summed E-state index contributed by atoms with van der Waals surface area (Å²) in [6.07, 6.45) is 3.18. The number of piperidine rings is 1. The van der Waals surface area contributed by atoms with Crippen molar-refractivity contribution in [2.75, 3.05) is 13.1 Å². The third-order valence-corrected chi connectivity index (χ3v) is 6.27. The number of ketones is 1. The molecule has 2 aromatic carbocycles. The molecule has 7 nitrogen and oxygen atoms in total. The summed E-state index contributed by atoms with van der Waals surface area (Å²) in [6, 6.07) is 17.6. The van der Waals surface area contributed by atoms with E-state index in [4.69, 9.17) is 0 Å². The Balaban J connectivity index is 1.42. The molecule has 2 aliphatic heterocycles. The molecule has 2 unspecified atom stereocenters. The molecule has 3 amide bonds. The van der Waals surface area contributed by atoms with Crippen LogP contribution < -0.4 is 5.32 Å². The van der Waals surface area contributed by atoms with Crippen molar-refractivity contribution in [2.24, 2.45) is 0 Å². The van der Waals surface area contributed by atoms with Crippen LogP contribution in [-0.2, 0) is 11.3 Å². The van der Waals surface area contributed by atoms with Crippen LogP contribution in [0.25, 0.3) is 10.8 Å². The Bertz CT molecular complexity index is 1180. The minimum absolute atomic E-state index is 0.0635. The quantitative estimate of drug-likeness (QED) is 0.632. The summed E-state index contributed by atoms with van der Waals surface area (Å²) in [4.78, 5) is 46.8. The number of Topliss-reactive ketones (excluding diaryl/α,β-unsaturated/α-hetero) is 1. The van der Waals surface area contributed by atoms with Gasteiger partial charge in [0.25, 0.3) is 0 Å². The third kappa shape index (κ3) is 3.76. The molecule has 1 aromatic heterocycles. The second kappa shape index (κ2) is 8.51. The maximum atomic E-state index is 13.4. The van der Waals surface area contributed by atoms with Crippen LogP contribution in [0.2, 0.25) is 0 Å². The molecular weight excluding hydrogens is 404 g/mol. The number of fused-ring (bicyclic) bond motifs is 2. The molecule has 2 atom stereocenters. The van der Waals surface area contributed by atoms with Gasteiger partial charge >= 0.3 is 6.03 Å². The van der Waals surface area contributed by atoms with Gasteiger partial charge in [0.2, 0.25) is 5.91 Å². The highest BCUT2D eigenvalue weighted by molar-refractivity contribution is 6.05. The normalized spacial score (nSPS) is 21.0. The van der Waals surface area contributed by atoms with E-state index in [0.717, 1.165) is 17.2 Å². The van der Waals surface area contributed by atoms with Crippen LogP contribution in [0, 0.1) is 0 Å². The van der Waals surface area contributed by atoms with Crippen LogP contribution in [0.3, 0.4) is 0 Å². The summed E-state index contributed by atoms with van der Waals surface area (Å²) in [7, 11) is 0. The van der Waals surface area contributed by atoms with Gasteiger partial charge in [-0.3, -0.25) is 19.5 Å². The molecule has 0 spiro atoms. The zero-order chi connectivity index (χ0) is 22.1. The Morgan fingerprint density at radius 2 is 1.84 bits per heavy atom. The number of urea groups is 1. The van der Waals surface area contributed by atoms with Crippen molar-refractivity contribution in [2.45, 2.75) is 31.5 Å². The van der Waals surface area contributed by atoms with Crippen LogP contribution in [-0.4, -0.2) is 57.7 Å². The summed E-state index contributed by atoms with van der Waals surface area (Å²) >= 11 is 0. The van der Waals surface area contributed by atoms with Gasteiger partial charge in [-0.2, -0.15) is 0 Å². The van der Waals surface area contributed by atoms with Gasteiger partial charge in [-0.1, -0.05) is 42.5 Å². The summed E-state index contributed by atoms with van der Waals surface area (Å²) in [6.45, 7) is 0.737. The SMILES string of the molecule is O=C(CN1C(=O)N(Cc2ccccn2)C(=O)C2NCCCC21)c1ccc2ccccc2c1. The van der Waals surface area contributed by atoms with Crippen LogP contribution in [0.15, 0.2) is 66.9 Å². The summed E-state index contributed by atoms with van der Waals surface area (Å²) in [5.41, 5.74) is 1.19. The van der Waals surface area contributed by atoms with Crippen LogP contribution in [0.5, 0.6) is 0 Å². The second-order valence-corrected chi connectivity index (χ2v) is 8.28. The number of pyridine rings is 1. The Morgan fingerprint density at radius 1 is 1.03 bits per heavy atom. The predicted molar refractivity (Wildman–Crippen MR) is 120 cm³/mol. The number of carbonyl (C=O) groups is 3. The van der Waals surface area contributed by atoms with Gasteiger partial charge < -0.3 is 10.2 Å². The maximum Gasteiger partial charge on any atom is 0.327 e. The fraction of sp³-hybridized carbons (Fsp3) is 0.280. The molecule has 3 aromatic rings. The smallest absolute Gasteiger partial charge is 0.311 e. The number of rotatable bonds is 5. The zero-order valence-corrected chi connectivity index (χ0v) is 17.6. The van der Waals surface area contributed by atoms with E-state index in [1.54, 1.807) is 29.3 Å². The van der Waals surface area contributed by atoms with Gasteiger partial charge in [-0.05, 0) is 48.4 Å². The minimum atomic E-state index is -0.505. The number of aromatic nitrogens is 1. The predicted octanol–water partition coefficient (Wildman–Crippen LogP) is 3.00. The lowest BCUT2D eigenvalue weighted by atomic mass is 9.92. The summed E-state index contributed by atoms with van der Waals surface area (Å²) in [5.74, 6) is -0.389. The number of nitrogens with zero attached hydrogens (tertiary/aromatic N) is 3. The number of hydrogen-bond acceptors (Lipinski definition) is 5. The molecule has 162 valence electrons. The topological polar surface area (TPSA) is 82.6 Å². The molecular formula is C25H24N4O3. The van der Waals surface area contributed by atoms with Crippen molar-refractivity contribution in [3.8, 4) is 0 Å². The van der Waals surface area contributed by atoms with Crippen LogP contribution >= 0.6 is 0 Å². The van der Waals surface area contributed by atoms with E-state index >= 15 is 0 Å². The molecule has 0 saturated carbocycles. The van der Waals surface area contributed by atoms with Gasteiger partial charge in [0.05, 0.1) is 24.8 Å². The first-order valence-electron chi connectivity index (χ1n) is 10.9. The molecule has 1 N–H and O–H groups in total. The van der Waals surface area contributed by atoms with E-state index in [2.05, 4.69) is 10.3 Å². The van der Waals surface area contributed by atoms with Crippen LogP contribution in [0.4, 0.5) is 4.79 Å². The standard InChI is InChI=1S/C25H24N4O3/c30-22(19-11-10-17-6-1-2-7-18(17)14-19)16-28-21-9-5-13-27-23(21)24(31)29(25(28)32)15-20-8-3-4-12-26-20/h1-4,6-8,10-12,14,21,23,27H,5,9,13,15-16H2. The number of carbonyl (C=O) groups excluding carboxylic acids is 3. The molecule has 5 rings (SSSR count). The first-order chi connectivity index (χ1) is 15.6. The monoisotopic (exact) mass is 428 g/mol. The Morgan fingerprint density at radius 3 is 2.66 bits per heavy atom. The van der Waals surface area contributed by atoms with Gasteiger partial charge in [-0.15, -0.1) is 0 Å². The molecule has 2 aliphatic rings. The lowest BCUT2D eigenvalue weighted by molar-refractivity contribution is -0.137. The summed E-state index contributed by atoms with van der Waals surface area (Å²) in [5, 5.41) is 5.29. The van der Waals surface area contributed by atoms with Gasteiger partial charge in [0.15, 0.2) is 5.78 Å². The lowest BCUT2D eigenvalue weighted by Crippen LogP contribution is -2.69. The average Bonchev–Trinajstić information content (AvgIpc) is 2.84. The first-order valence-corrected chi connectivity index (χ1v) is 10.9. The number of imide groups is 1. The molecule has 0 radical (unpaired) electrons. The zero-order valence-electron chi connectivity index (χ0n) is 17.6. The van der Waals surface area contributed by atoms with Crippen LogP contribution in [0.1, 0.15) is 28.9 Å².